The van der Waals surface area contributed by atoms with Gasteiger partial charge in [-0.25, -0.2) is 4.98 Å². The van der Waals surface area contributed by atoms with Crippen molar-refractivity contribution in [3.8, 4) is 10.6 Å². The van der Waals surface area contributed by atoms with Crippen molar-refractivity contribution in [1.82, 2.24) is 9.88 Å². The smallest absolute Gasteiger partial charge is 0.266 e. The fraction of sp³-hybridized carbons (Fsp3) is 0.524. The van der Waals surface area contributed by atoms with Gasteiger partial charge in [-0.3, -0.25) is 4.79 Å². The third-order valence-corrected chi connectivity index (χ3v) is 6.73. The van der Waals surface area contributed by atoms with Gasteiger partial charge in [0.05, 0.1) is 6.20 Å². The minimum absolute atomic E-state index is 0.210. The lowest BCUT2D eigenvalue weighted by Crippen LogP contribution is -2.43. The predicted molar refractivity (Wildman–Crippen MR) is 103 cm³/mol. The maximum absolute atomic E-state index is 13.2. The van der Waals surface area contributed by atoms with E-state index in [9.17, 15) is 4.79 Å². The molecule has 1 amide bonds. The Morgan fingerprint density at radius 2 is 1.72 bits per heavy atom. The largest absolute Gasteiger partial charge is 0.332 e. The van der Waals surface area contributed by atoms with Gasteiger partial charge in [-0.2, -0.15) is 0 Å². The summed E-state index contributed by atoms with van der Waals surface area (Å²) in [6.07, 6.45) is 10.3. The average molecular weight is 355 g/mol. The van der Waals surface area contributed by atoms with Gasteiger partial charge in [0.1, 0.15) is 9.88 Å². The van der Waals surface area contributed by atoms with E-state index in [1.165, 1.54) is 56.3 Å². The Morgan fingerprint density at radius 3 is 2.32 bits per heavy atom. The highest BCUT2D eigenvalue weighted by molar-refractivity contribution is 7.16. The Morgan fingerprint density at radius 1 is 1.08 bits per heavy atom. The number of rotatable bonds is 5. The van der Waals surface area contributed by atoms with Crippen molar-refractivity contribution in [3.05, 3.63) is 41.4 Å². The number of aromatic nitrogens is 1. The molecule has 0 N–H and O–H groups in total. The first-order valence-electron chi connectivity index (χ1n) is 9.60. The van der Waals surface area contributed by atoms with Crippen LogP contribution in [-0.4, -0.2) is 27.9 Å². The molecule has 2 fully saturated rings. The summed E-state index contributed by atoms with van der Waals surface area (Å²) in [5.74, 6) is 1.07. The molecule has 4 rings (SSSR count). The highest BCUT2D eigenvalue weighted by Gasteiger charge is 2.39. The normalized spacial score (nSPS) is 23.4. The summed E-state index contributed by atoms with van der Waals surface area (Å²) in [5.41, 5.74) is 1.09. The van der Waals surface area contributed by atoms with Crippen LogP contribution in [0, 0.1) is 5.92 Å². The summed E-state index contributed by atoms with van der Waals surface area (Å²) >= 11 is 1.53. The van der Waals surface area contributed by atoms with E-state index in [0.29, 0.717) is 12.1 Å². The minimum atomic E-state index is 0.210. The first-order chi connectivity index (χ1) is 12.3. The summed E-state index contributed by atoms with van der Waals surface area (Å²) in [6, 6.07) is 11.0. The topological polar surface area (TPSA) is 33.2 Å². The molecule has 2 aromatic rings. The molecule has 0 unspecified atom stereocenters. The molecule has 4 heteroatoms. The fourth-order valence-corrected chi connectivity index (χ4v) is 4.89. The molecule has 25 heavy (non-hydrogen) atoms. The van der Waals surface area contributed by atoms with Gasteiger partial charge >= 0.3 is 0 Å². The molecular formula is C21H26N2OS. The van der Waals surface area contributed by atoms with E-state index in [-0.39, 0.29) is 5.91 Å². The molecular weight excluding hydrogens is 328 g/mol. The zero-order valence-electron chi connectivity index (χ0n) is 14.9. The lowest BCUT2D eigenvalue weighted by Gasteiger charge is -2.36. The van der Waals surface area contributed by atoms with Crippen molar-refractivity contribution in [2.45, 2.75) is 64.0 Å². The molecule has 0 atom stereocenters. The second-order valence-corrected chi connectivity index (χ2v) is 8.45. The fourth-order valence-electron chi connectivity index (χ4n) is 4.03. The van der Waals surface area contributed by atoms with Crippen molar-refractivity contribution in [3.63, 3.8) is 0 Å². The van der Waals surface area contributed by atoms with E-state index in [4.69, 9.17) is 0 Å². The highest BCUT2D eigenvalue weighted by Crippen LogP contribution is 2.38. The van der Waals surface area contributed by atoms with Crippen LogP contribution in [0.25, 0.3) is 10.6 Å². The van der Waals surface area contributed by atoms with E-state index in [2.05, 4.69) is 28.9 Å². The zero-order chi connectivity index (χ0) is 17.2. The SMILES string of the molecule is CCC1CCC(N(C(=O)c2cnc(-c3ccccc3)s2)C2CC2)CC1. The summed E-state index contributed by atoms with van der Waals surface area (Å²) in [5, 5.41) is 0.939. The van der Waals surface area contributed by atoms with Crippen LogP contribution in [0.3, 0.4) is 0 Å². The van der Waals surface area contributed by atoms with Crippen molar-refractivity contribution in [2.24, 2.45) is 5.92 Å². The Balaban J connectivity index is 1.51. The molecule has 0 saturated heterocycles. The van der Waals surface area contributed by atoms with Crippen LogP contribution in [0.5, 0.6) is 0 Å². The third-order valence-electron chi connectivity index (χ3n) is 5.70. The van der Waals surface area contributed by atoms with Gasteiger partial charge in [-0.05, 0) is 44.4 Å². The van der Waals surface area contributed by atoms with Crippen molar-refractivity contribution in [1.29, 1.82) is 0 Å². The molecule has 3 nitrogen and oxygen atoms in total. The number of carbonyl (C=O) groups is 1. The van der Waals surface area contributed by atoms with E-state index in [1.54, 1.807) is 6.20 Å². The predicted octanol–water partition coefficient (Wildman–Crippen LogP) is 5.38. The number of benzene rings is 1. The molecule has 2 aliphatic rings. The maximum Gasteiger partial charge on any atom is 0.266 e. The van der Waals surface area contributed by atoms with E-state index < -0.39 is 0 Å². The Bertz CT molecular complexity index is 715. The van der Waals surface area contributed by atoms with Crippen LogP contribution in [0.2, 0.25) is 0 Å². The molecule has 132 valence electrons. The lowest BCUT2D eigenvalue weighted by atomic mass is 9.84. The van der Waals surface area contributed by atoms with Gasteiger partial charge < -0.3 is 4.90 Å². The number of hydrogen-bond acceptors (Lipinski definition) is 3. The number of amides is 1. The van der Waals surface area contributed by atoms with Crippen molar-refractivity contribution in [2.75, 3.05) is 0 Å². The van der Waals surface area contributed by atoms with Crippen LogP contribution in [-0.2, 0) is 0 Å². The van der Waals surface area contributed by atoms with E-state index in [1.807, 2.05) is 18.2 Å². The Labute approximate surface area is 154 Å². The standard InChI is InChI=1S/C21H26N2OS/c1-2-15-8-10-17(11-9-15)23(18-12-13-18)21(24)19-14-22-20(25-19)16-6-4-3-5-7-16/h3-7,14-15,17-18H,2,8-13H2,1H3. The number of thiazole rings is 1. The highest BCUT2D eigenvalue weighted by atomic mass is 32.1. The minimum Gasteiger partial charge on any atom is -0.332 e. The summed E-state index contributed by atoms with van der Waals surface area (Å²) in [6.45, 7) is 2.29. The second-order valence-electron chi connectivity index (χ2n) is 7.42. The first-order valence-corrected chi connectivity index (χ1v) is 10.4. The maximum atomic E-state index is 13.2. The Hall–Kier alpha value is -1.68. The summed E-state index contributed by atoms with van der Waals surface area (Å²) in [4.78, 5) is 20.7. The second kappa shape index (κ2) is 7.28. The van der Waals surface area contributed by atoms with Crippen LogP contribution in [0.4, 0.5) is 0 Å². The van der Waals surface area contributed by atoms with Gasteiger partial charge in [-0.15, -0.1) is 11.3 Å². The van der Waals surface area contributed by atoms with Gasteiger partial charge in [-0.1, -0.05) is 43.7 Å². The van der Waals surface area contributed by atoms with Crippen LogP contribution >= 0.6 is 11.3 Å². The van der Waals surface area contributed by atoms with Crippen LogP contribution in [0.1, 0.15) is 61.5 Å². The summed E-state index contributed by atoms with van der Waals surface area (Å²) in [7, 11) is 0. The van der Waals surface area contributed by atoms with Gasteiger partial charge in [0, 0.05) is 17.6 Å². The first kappa shape index (κ1) is 16.8. The number of hydrogen-bond donors (Lipinski definition) is 0. The van der Waals surface area contributed by atoms with Crippen molar-refractivity contribution < 1.29 is 4.79 Å². The molecule has 0 aliphatic heterocycles. The molecule has 2 saturated carbocycles. The van der Waals surface area contributed by atoms with Crippen LogP contribution in [0.15, 0.2) is 36.5 Å². The molecule has 0 spiro atoms. The quantitative estimate of drug-likeness (QED) is 0.722. The molecule has 2 aliphatic carbocycles. The van der Waals surface area contributed by atoms with Crippen molar-refractivity contribution >= 4 is 17.2 Å². The molecule has 1 heterocycles. The van der Waals surface area contributed by atoms with Crippen LogP contribution < -0.4 is 0 Å². The molecule has 1 aromatic carbocycles. The summed E-state index contributed by atoms with van der Waals surface area (Å²) < 4.78 is 0. The Kier molecular flexibility index (Phi) is 4.89. The van der Waals surface area contributed by atoms with Gasteiger partial charge in [0.25, 0.3) is 5.91 Å². The van der Waals surface area contributed by atoms with E-state index >= 15 is 0 Å². The monoisotopic (exact) mass is 354 g/mol. The lowest BCUT2D eigenvalue weighted by molar-refractivity contribution is 0.0592. The number of nitrogens with zero attached hydrogens (tertiary/aromatic N) is 2. The van der Waals surface area contributed by atoms with Gasteiger partial charge in [0.15, 0.2) is 0 Å². The molecule has 0 radical (unpaired) electrons. The molecule has 1 aromatic heterocycles. The zero-order valence-corrected chi connectivity index (χ0v) is 15.7. The average Bonchev–Trinajstić information content (AvgIpc) is 3.37. The van der Waals surface area contributed by atoms with Gasteiger partial charge in [0.2, 0.25) is 0 Å². The molecule has 0 bridgehead atoms. The number of carbonyl (C=O) groups excluding carboxylic acids is 1. The third kappa shape index (κ3) is 3.64. The van der Waals surface area contributed by atoms with E-state index in [0.717, 1.165) is 21.4 Å².